The lowest BCUT2D eigenvalue weighted by Gasteiger charge is -2.16. The summed E-state index contributed by atoms with van der Waals surface area (Å²) in [6, 6.07) is 1.51. The van der Waals surface area contributed by atoms with Crippen molar-refractivity contribution in [3.05, 3.63) is 82.6 Å². The summed E-state index contributed by atoms with van der Waals surface area (Å²) in [6.45, 7) is 10.8. The summed E-state index contributed by atoms with van der Waals surface area (Å²) in [7, 11) is 0. The van der Waals surface area contributed by atoms with E-state index in [9.17, 15) is 30.7 Å². The average molecular weight is 543 g/mol. The van der Waals surface area contributed by atoms with Gasteiger partial charge in [-0.25, -0.2) is 14.4 Å². The standard InChI is InChI=1S/C27H29F7N4/c1-7-36-14-8-9-17(4)10-11-18(5)37-25(27(32,33)34)23(16(2)3)38-24(19(6)35)21-13-12-20(15-22(21)28)26(29,30)31/h7-8,11-15,35H,4,9-10H2,1-3,5-6H3/b14-8?,18-11-,35-19?,36-7?,37-25?,38-24?. The van der Waals surface area contributed by atoms with E-state index in [4.69, 9.17) is 5.41 Å². The summed E-state index contributed by atoms with van der Waals surface area (Å²) < 4.78 is 95.7. The molecule has 0 heterocycles. The number of hydrogen-bond donors (Lipinski definition) is 1. The average Bonchev–Trinajstić information content (AvgIpc) is 2.78. The van der Waals surface area contributed by atoms with E-state index in [0.29, 0.717) is 18.1 Å². The second-order valence-corrected chi connectivity index (χ2v) is 8.38. The molecule has 0 bridgehead atoms. The van der Waals surface area contributed by atoms with Gasteiger partial charge in [0.05, 0.1) is 22.7 Å². The first kappa shape index (κ1) is 32.4. The monoisotopic (exact) mass is 542 g/mol. The molecular formula is C27H29F7N4. The molecule has 0 aromatic heterocycles. The molecule has 0 amide bonds. The lowest BCUT2D eigenvalue weighted by molar-refractivity contribution is -0.137. The van der Waals surface area contributed by atoms with E-state index in [1.807, 2.05) is 0 Å². The number of rotatable bonds is 10. The van der Waals surface area contributed by atoms with Crippen LogP contribution in [-0.4, -0.2) is 29.5 Å². The molecule has 0 aliphatic rings. The third-order valence-electron chi connectivity index (χ3n) is 4.82. The van der Waals surface area contributed by atoms with Gasteiger partial charge in [0.15, 0.2) is 5.71 Å². The minimum Gasteiger partial charge on any atom is -0.303 e. The molecule has 1 aromatic rings. The van der Waals surface area contributed by atoms with E-state index in [2.05, 4.69) is 21.6 Å². The third-order valence-corrected chi connectivity index (χ3v) is 4.82. The number of halogens is 7. The SMILES string of the molecule is C=C(CC=CN=CC)C/C=C(/C)N=C(C(N=C(C(C)=N)c1ccc(C(F)(F)F)cc1F)=C(C)C)C(F)(F)F. The predicted molar refractivity (Wildman–Crippen MR) is 139 cm³/mol. The number of nitrogens with zero attached hydrogens (tertiary/aromatic N) is 3. The molecule has 0 atom stereocenters. The Morgan fingerprint density at radius 2 is 1.63 bits per heavy atom. The Bertz CT molecular complexity index is 1220. The Balaban J connectivity index is 3.57. The van der Waals surface area contributed by atoms with Gasteiger partial charge in [0, 0.05) is 23.7 Å². The van der Waals surface area contributed by atoms with Crippen LogP contribution in [0.4, 0.5) is 30.7 Å². The maximum atomic E-state index is 14.6. The van der Waals surface area contributed by atoms with E-state index in [0.717, 1.165) is 13.0 Å². The normalized spacial score (nSPS) is 13.9. The molecule has 206 valence electrons. The second kappa shape index (κ2) is 13.8. The molecule has 11 heteroatoms. The largest absolute Gasteiger partial charge is 0.435 e. The van der Waals surface area contributed by atoms with Crippen molar-refractivity contribution in [1.82, 2.24) is 0 Å². The van der Waals surface area contributed by atoms with Gasteiger partial charge in [-0.2, -0.15) is 26.3 Å². The summed E-state index contributed by atoms with van der Waals surface area (Å²) in [5, 5.41) is 7.93. The van der Waals surface area contributed by atoms with Crippen LogP contribution in [0, 0.1) is 11.2 Å². The molecule has 0 saturated heterocycles. The van der Waals surface area contributed by atoms with Crippen molar-refractivity contribution >= 4 is 23.3 Å². The molecule has 1 aromatic carbocycles. The van der Waals surface area contributed by atoms with Crippen molar-refractivity contribution < 1.29 is 30.7 Å². The Morgan fingerprint density at radius 3 is 2.11 bits per heavy atom. The minimum atomic E-state index is -4.98. The van der Waals surface area contributed by atoms with Gasteiger partial charge in [-0.05, 0) is 71.2 Å². The third kappa shape index (κ3) is 10.0. The maximum absolute atomic E-state index is 14.6. The van der Waals surface area contributed by atoms with Crippen molar-refractivity contribution in [3.8, 4) is 0 Å². The highest BCUT2D eigenvalue weighted by atomic mass is 19.4. The van der Waals surface area contributed by atoms with Crippen LogP contribution in [0.25, 0.3) is 0 Å². The van der Waals surface area contributed by atoms with E-state index < -0.39 is 52.1 Å². The van der Waals surface area contributed by atoms with Gasteiger partial charge in [0.25, 0.3) is 0 Å². The summed E-state index contributed by atoms with van der Waals surface area (Å²) in [4.78, 5) is 11.5. The first-order valence-corrected chi connectivity index (χ1v) is 11.3. The Labute approximate surface area is 217 Å². The fraction of sp³-hybridized carbons (Fsp3) is 0.333. The highest BCUT2D eigenvalue weighted by Gasteiger charge is 2.39. The molecule has 0 radical (unpaired) electrons. The lowest BCUT2D eigenvalue weighted by Crippen LogP contribution is -2.27. The predicted octanol–water partition coefficient (Wildman–Crippen LogP) is 8.82. The number of nitrogens with one attached hydrogen (secondary N) is 1. The summed E-state index contributed by atoms with van der Waals surface area (Å²) >= 11 is 0. The molecule has 0 saturated carbocycles. The molecular weight excluding hydrogens is 513 g/mol. The van der Waals surface area contributed by atoms with Crippen LogP contribution < -0.4 is 0 Å². The Morgan fingerprint density at radius 1 is 1.00 bits per heavy atom. The fourth-order valence-corrected chi connectivity index (χ4v) is 2.96. The number of allylic oxidation sites excluding steroid dienone is 6. The molecule has 1 N–H and O–H groups in total. The van der Waals surface area contributed by atoms with Crippen molar-refractivity contribution in [2.75, 3.05) is 0 Å². The molecule has 0 spiro atoms. The van der Waals surface area contributed by atoms with Crippen LogP contribution in [0.1, 0.15) is 58.6 Å². The van der Waals surface area contributed by atoms with Crippen LogP contribution >= 0.6 is 0 Å². The van der Waals surface area contributed by atoms with Gasteiger partial charge in [-0.1, -0.05) is 24.3 Å². The van der Waals surface area contributed by atoms with Crippen LogP contribution in [0.5, 0.6) is 0 Å². The zero-order valence-corrected chi connectivity index (χ0v) is 21.7. The van der Waals surface area contributed by atoms with Crippen molar-refractivity contribution in [2.45, 2.75) is 59.8 Å². The first-order valence-electron chi connectivity index (χ1n) is 11.3. The van der Waals surface area contributed by atoms with E-state index >= 15 is 0 Å². The quantitative estimate of drug-likeness (QED) is 0.175. The molecule has 4 nitrogen and oxygen atoms in total. The van der Waals surface area contributed by atoms with Crippen LogP contribution in [0.2, 0.25) is 0 Å². The Kier molecular flexibility index (Phi) is 11.8. The fourth-order valence-electron chi connectivity index (χ4n) is 2.96. The van der Waals surface area contributed by atoms with E-state index in [-0.39, 0.29) is 23.8 Å². The molecule has 1 rings (SSSR count). The lowest BCUT2D eigenvalue weighted by atomic mass is 10.0. The van der Waals surface area contributed by atoms with Crippen LogP contribution in [0.15, 0.2) is 80.6 Å². The highest BCUT2D eigenvalue weighted by Crippen LogP contribution is 2.31. The first-order chi connectivity index (χ1) is 17.5. The summed E-state index contributed by atoms with van der Waals surface area (Å²) in [5.74, 6) is -1.38. The van der Waals surface area contributed by atoms with Gasteiger partial charge in [-0.3, -0.25) is 4.99 Å². The number of hydrogen-bond acceptors (Lipinski definition) is 4. The van der Waals surface area contributed by atoms with Gasteiger partial charge < -0.3 is 5.41 Å². The topological polar surface area (TPSA) is 60.9 Å². The van der Waals surface area contributed by atoms with Gasteiger partial charge in [0.1, 0.15) is 5.82 Å². The molecule has 0 aliphatic heterocycles. The second-order valence-electron chi connectivity index (χ2n) is 8.38. The molecule has 0 fully saturated rings. The molecule has 0 aliphatic carbocycles. The number of benzene rings is 1. The smallest absolute Gasteiger partial charge is 0.303 e. The van der Waals surface area contributed by atoms with E-state index in [1.54, 1.807) is 25.4 Å². The van der Waals surface area contributed by atoms with E-state index in [1.165, 1.54) is 26.8 Å². The van der Waals surface area contributed by atoms with Crippen LogP contribution in [-0.2, 0) is 6.18 Å². The van der Waals surface area contributed by atoms with Crippen molar-refractivity contribution in [1.29, 1.82) is 5.41 Å². The highest BCUT2D eigenvalue weighted by molar-refractivity contribution is 6.47. The minimum absolute atomic E-state index is 0.0109. The zero-order valence-electron chi connectivity index (χ0n) is 21.7. The molecule has 0 unspecified atom stereocenters. The summed E-state index contributed by atoms with van der Waals surface area (Å²) in [5.41, 5.74) is -4.14. The maximum Gasteiger partial charge on any atom is 0.435 e. The van der Waals surface area contributed by atoms with Crippen LogP contribution in [0.3, 0.4) is 0 Å². The van der Waals surface area contributed by atoms with Crippen molar-refractivity contribution in [3.63, 3.8) is 0 Å². The molecule has 38 heavy (non-hydrogen) atoms. The Hall–Kier alpha value is -3.63. The number of alkyl halides is 6. The van der Waals surface area contributed by atoms with Gasteiger partial charge in [-0.15, -0.1) is 0 Å². The zero-order chi connectivity index (χ0) is 29.3. The van der Waals surface area contributed by atoms with Gasteiger partial charge in [0.2, 0.25) is 0 Å². The summed E-state index contributed by atoms with van der Waals surface area (Å²) in [6.07, 6.45) is -2.74. The van der Waals surface area contributed by atoms with Gasteiger partial charge >= 0.3 is 12.4 Å². The number of aliphatic imine (C=N–C) groups is 3. The van der Waals surface area contributed by atoms with Crippen molar-refractivity contribution in [2.24, 2.45) is 15.0 Å².